The summed E-state index contributed by atoms with van der Waals surface area (Å²) in [5.41, 5.74) is 2.67. The molecule has 0 aliphatic carbocycles. The molecule has 1 rings (SSSR count). The van der Waals surface area contributed by atoms with E-state index in [1.54, 1.807) is 7.11 Å². The molecule has 0 aromatic heterocycles. The molecule has 0 atom stereocenters. The number of amides is 1. The smallest absolute Gasteiger partial charge is 0.224 e. The van der Waals surface area contributed by atoms with E-state index >= 15 is 0 Å². The molecular formula is C14H19NO3. The Bertz CT molecular complexity index is 466. The minimum Gasteiger partial charge on any atom is -0.496 e. The van der Waals surface area contributed by atoms with Crippen molar-refractivity contribution in [3.63, 3.8) is 0 Å². The van der Waals surface area contributed by atoms with E-state index in [0.29, 0.717) is 0 Å². The fourth-order valence-corrected chi connectivity index (χ4v) is 1.65. The Morgan fingerprint density at radius 1 is 1.17 bits per heavy atom. The van der Waals surface area contributed by atoms with Gasteiger partial charge in [-0.15, -0.1) is 0 Å². The number of benzene rings is 1. The molecule has 0 saturated carbocycles. The standard InChI is InChI=1S/C14H19NO3/c1-9-8-13(18-4)10(2)7-12(9)15-14(17)6-5-11(3)16/h7-8H,5-6H2,1-4H3,(H,15,17). The number of ether oxygens (including phenoxy) is 1. The first-order chi connectivity index (χ1) is 8.43. The molecule has 1 aromatic rings. The third-order valence-electron chi connectivity index (χ3n) is 2.72. The van der Waals surface area contributed by atoms with Crippen LogP contribution in [-0.2, 0) is 9.59 Å². The van der Waals surface area contributed by atoms with Crippen LogP contribution in [0.1, 0.15) is 30.9 Å². The van der Waals surface area contributed by atoms with Crippen LogP contribution >= 0.6 is 0 Å². The van der Waals surface area contributed by atoms with Crippen molar-refractivity contribution < 1.29 is 14.3 Å². The number of nitrogens with one attached hydrogen (secondary N) is 1. The van der Waals surface area contributed by atoms with Crippen LogP contribution in [0.4, 0.5) is 5.69 Å². The molecule has 4 nitrogen and oxygen atoms in total. The molecule has 0 spiro atoms. The first kappa shape index (κ1) is 14.2. The van der Waals surface area contributed by atoms with E-state index in [9.17, 15) is 9.59 Å². The minimum absolute atomic E-state index is 0.0211. The van der Waals surface area contributed by atoms with E-state index in [0.717, 1.165) is 22.6 Å². The van der Waals surface area contributed by atoms with Gasteiger partial charge >= 0.3 is 0 Å². The molecule has 1 amide bonds. The summed E-state index contributed by atoms with van der Waals surface area (Å²) in [4.78, 5) is 22.4. The molecular weight excluding hydrogens is 230 g/mol. The van der Waals surface area contributed by atoms with Crippen molar-refractivity contribution in [2.75, 3.05) is 12.4 Å². The van der Waals surface area contributed by atoms with Crippen molar-refractivity contribution in [2.45, 2.75) is 33.6 Å². The highest BCUT2D eigenvalue weighted by Gasteiger charge is 2.08. The molecule has 0 heterocycles. The first-order valence-corrected chi connectivity index (χ1v) is 5.88. The Balaban J connectivity index is 2.76. The lowest BCUT2D eigenvalue weighted by atomic mass is 10.1. The van der Waals surface area contributed by atoms with Gasteiger partial charge in [-0.05, 0) is 44.0 Å². The van der Waals surface area contributed by atoms with Crippen LogP contribution in [0.15, 0.2) is 12.1 Å². The SMILES string of the molecule is COc1cc(C)c(NC(=O)CCC(C)=O)cc1C. The molecule has 0 fully saturated rings. The van der Waals surface area contributed by atoms with Gasteiger partial charge in [-0.2, -0.15) is 0 Å². The predicted octanol–water partition coefficient (Wildman–Crippen LogP) is 2.62. The zero-order valence-electron chi connectivity index (χ0n) is 11.3. The lowest BCUT2D eigenvalue weighted by molar-refractivity contribution is -0.121. The molecule has 1 aromatic carbocycles. The summed E-state index contributed by atoms with van der Waals surface area (Å²) < 4.78 is 5.21. The number of carbonyl (C=O) groups excluding carboxylic acids is 2. The van der Waals surface area contributed by atoms with Gasteiger partial charge in [0.2, 0.25) is 5.91 Å². The van der Waals surface area contributed by atoms with Crippen LogP contribution in [0, 0.1) is 13.8 Å². The number of ketones is 1. The Hall–Kier alpha value is -1.84. The predicted molar refractivity (Wildman–Crippen MR) is 71.0 cm³/mol. The molecule has 0 bridgehead atoms. The number of Topliss-reactive ketones (excluding diaryl/α,β-unsaturated/α-hetero) is 1. The lowest BCUT2D eigenvalue weighted by Crippen LogP contribution is -2.13. The Morgan fingerprint density at radius 3 is 2.39 bits per heavy atom. The van der Waals surface area contributed by atoms with Crippen LogP contribution in [0.3, 0.4) is 0 Å². The van der Waals surface area contributed by atoms with Crippen molar-refractivity contribution in [3.8, 4) is 5.75 Å². The third-order valence-corrected chi connectivity index (χ3v) is 2.72. The zero-order valence-corrected chi connectivity index (χ0v) is 11.3. The molecule has 0 aliphatic heterocycles. The quantitative estimate of drug-likeness (QED) is 0.872. The second-order valence-electron chi connectivity index (χ2n) is 4.39. The summed E-state index contributed by atoms with van der Waals surface area (Å²) in [6, 6.07) is 3.76. The van der Waals surface area contributed by atoms with E-state index in [1.807, 2.05) is 26.0 Å². The van der Waals surface area contributed by atoms with Crippen molar-refractivity contribution in [1.29, 1.82) is 0 Å². The van der Waals surface area contributed by atoms with E-state index in [4.69, 9.17) is 4.74 Å². The number of rotatable bonds is 5. The normalized spacial score (nSPS) is 10.0. The fourth-order valence-electron chi connectivity index (χ4n) is 1.65. The van der Waals surface area contributed by atoms with E-state index < -0.39 is 0 Å². The number of carbonyl (C=O) groups is 2. The van der Waals surface area contributed by atoms with Crippen LogP contribution in [0.25, 0.3) is 0 Å². The molecule has 0 saturated heterocycles. The van der Waals surface area contributed by atoms with Gasteiger partial charge in [0.25, 0.3) is 0 Å². The number of aryl methyl sites for hydroxylation is 2. The monoisotopic (exact) mass is 249 g/mol. The van der Waals surface area contributed by atoms with Gasteiger partial charge < -0.3 is 14.8 Å². The Kier molecular flexibility index (Phi) is 4.89. The molecule has 18 heavy (non-hydrogen) atoms. The third kappa shape index (κ3) is 3.87. The van der Waals surface area contributed by atoms with Crippen LogP contribution in [0.2, 0.25) is 0 Å². The number of anilines is 1. The summed E-state index contributed by atoms with van der Waals surface area (Å²) in [7, 11) is 1.62. The minimum atomic E-state index is -0.141. The maximum Gasteiger partial charge on any atom is 0.224 e. The average molecular weight is 249 g/mol. The summed E-state index contributed by atoms with van der Waals surface area (Å²) in [5, 5.41) is 2.81. The summed E-state index contributed by atoms with van der Waals surface area (Å²) in [6.07, 6.45) is 0.500. The summed E-state index contributed by atoms with van der Waals surface area (Å²) in [5.74, 6) is 0.680. The average Bonchev–Trinajstić information content (AvgIpc) is 2.30. The highest BCUT2D eigenvalue weighted by Crippen LogP contribution is 2.26. The number of hydrogen-bond acceptors (Lipinski definition) is 3. The Labute approximate surface area is 107 Å². The fraction of sp³-hybridized carbons (Fsp3) is 0.429. The van der Waals surface area contributed by atoms with Crippen molar-refractivity contribution in [1.82, 2.24) is 0 Å². The van der Waals surface area contributed by atoms with Gasteiger partial charge in [0.05, 0.1) is 7.11 Å². The summed E-state index contributed by atoms with van der Waals surface area (Å²) >= 11 is 0. The number of methoxy groups -OCH3 is 1. The van der Waals surface area contributed by atoms with Crippen LogP contribution in [-0.4, -0.2) is 18.8 Å². The second-order valence-corrected chi connectivity index (χ2v) is 4.39. The van der Waals surface area contributed by atoms with E-state index in [1.165, 1.54) is 6.92 Å². The molecule has 0 unspecified atom stereocenters. The van der Waals surface area contributed by atoms with E-state index in [-0.39, 0.29) is 24.5 Å². The van der Waals surface area contributed by atoms with Crippen molar-refractivity contribution in [2.24, 2.45) is 0 Å². The van der Waals surface area contributed by atoms with Crippen molar-refractivity contribution >= 4 is 17.4 Å². The molecule has 98 valence electrons. The van der Waals surface area contributed by atoms with Crippen LogP contribution in [0.5, 0.6) is 5.75 Å². The molecule has 4 heteroatoms. The Morgan fingerprint density at radius 2 is 1.83 bits per heavy atom. The molecule has 0 aliphatic rings. The van der Waals surface area contributed by atoms with Gasteiger partial charge in [0.15, 0.2) is 0 Å². The second kappa shape index (κ2) is 6.19. The van der Waals surface area contributed by atoms with Gasteiger partial charge in [-0.25, -0.2) is 0 Å². The highest BCUT2D eigenvalue weighted by atomic mass is 16.5. The maximum absolute atomic E-state index is 11.6. The van der Waals surface area contributed by atoms with Gasteiger partial charge in [0.1, 0.15) is 11.5 Å². The van der Waals surface area contributed by atoms with Crippen LogP contribution < -0.4 is 10.1 Å². The zero-order chi connectivity index (χ0) is 13.7. The topological polar surface area (TPSA) is 55.4 Å². The van der Waals surface area contributed by atoms with E-state index in [2.05, 4.69) is 5.32 Å². The lowest BCUT2D eigenvalue weighted by Gasteiger charge is -2.12. The largest absolute Gasteiger partial charge is 0.496 e. The van der Waals surface area contributed by atoms with Gasteiger partial charge in [-0.1, -0.05) is 0 Å². The highest BCUT2D eigenvalue weighted by molar-refractivity contribution is 5.94. The summed E-state index contributed by atoms with van der Waals surface area (Å²) in [6.45, 7) is 5.31. The maximum atomic E-state index is 11.6. The molecule has 0 radical (unpaired) electrons. The molecule has 1 N–H and O–H groups in total. The van der Waals surface area contributed by atoms with Gasteiger partial charge in [-0.3, -0.25) is 4.79 Å². The van der Waals surface area contributed by atoms with Gasteiger partial charge in [0, 0.05) is 18.5 Å². The first-order valence-electron chi connectivity index (χ1n) is 5.88. The number of hydrogen-bond donors (Lipinski definition) is 1. The van der Waals surface area contributed by atoms with Crippen molar-refractivity contribution in [3.05, 3.63) is 23.3 Å².